The molecule has 3 rings (SSSR count). The van der Waals surface area contributed by atoms with Gasteiger partial charge in [0.2, 0.25) is 0 Å². The number of morpholine rings is 1. The fraction of sp³-hybridized carbons (Fsp3) is 0.409. The molecule has 1 N–H and O–H groups in total. The van der Waals surface area contributed by atoms with Gasteiger partial charge in [-0.3, -0.25) is 14.0 Å². The molecule has 0 unspecified atom stereocenters. The molecular weight excluding hydrogens is 418 g/mol. The Bertz CT molecular complexity index is 929. The van der Waals surface area contributed by atoms with Crippen molar-refractivity contribution in [1.29, 1.82) is 0 Å². The molecule has 0 radical (unpaired) electrons. The van der Waals surface area contributed by atoms with Gasteiger partial charge in [0.05, 0.1) is 23.8 Å². The Balaban J connectivity index is 1.42. The molecule has 1 aliphatic heterocycles. The molecule has 2 aromatic rings. The van der Waals surface area contributed by atoms with E-state index < -0.39 is 10.0 Å². The van der Waals surface area contributed by atoms with Gasteiger partial charge in [0.15, 0.2) is 6.61 Å². The number of anilines is 1. The van der Waals surface area contributed by atoms with Gasteiger partial charge in [-0.05, 0) is 49.4 Å². The van der Waals surface area contributed by atoms with Crippen molar-refractivity contribution in [1.82, 2.24) is 10.2 Å². The van der Waals surface area contributed by atoms with Crippen LogP contribution in [-0.4, -0.2) is 72.3 Å². The quantitative estimate of drug-likeness (QED) is 0.558. The van der Waals surface area contributed by atoms with Gasteiger partial charge in [-0.25, -0.2) is 8.42 Å². The first-order valence-electron chi connectivity index (χ1n) is 10.3. The van der Waals surface area contributed by atoms with Crippen LogP contribution in [-0.2, 0) is 19.6 Å². The van der Waals surface area contributed by atoms with Crippen LogP contribution in [0.5, 0.6) is 5.75 Å². The molecule has 1 heterocycles. The number of rotatable bonds is 10. The number of ether oxygens (including phenoxy) is 2. The summed E-state index contributed by atoms with van der Waals surface area (Å²) in [4.78, 5) is 14.5. The molecular formula is C22H29N3O5S. The van der Waals surface area contributed by atoms with Gasteiger partial charge in [-0.1, -0.05) is 18.2 Å². The van der Waals surface area contributed by atoms with E-state index in [0.717, 1.165) is 39.3 Å². The van der Waals surface area contributed by atoms with E-state index in [1.165, 1.54) is 11.4 Å². The van der Waals surface area contributed by atoms with E-state index >= 15 is 0 Å². The second kappa shape index (κ2) is 11.1. The van der Waals surface area contributed by atoms with Crippen LogP contribution in [0.25, 0.3) is 0 Å². The highest BCUT2D eigenvalue weighted by atomic mass is 32.2. The Morgan fingerprint density at radius 1 is 1.10 bits per heavy atom. The van der Waals surface area contributed by atoms with Crippen molar-refractivity contribution in [3.63, 3.8) is 0 Å². The number of sulfonamides is 1. The molecule has 8 nitrogen and oxygen atoms in total. The Morgan fingerprint density at radius 3 is 2.45 bits per heavy atom. The molecule has 2 aromatic carbocycles. The number of nitrogens with zero attached hydrogens (tertiary/aromatic N) is 2. The fourth-order valence-corrected chi connectivity index (χ4v) is 4.41. The lowest BCUT2D eigenvalue weighted by Crippen LogP contribution is -2.38. The Kier molecular flexibility index (Phi) is 8.27. The second-order valence-electron chi connectivity index (χ2n) is 7.23. The van der Waals surface area contributed by atoms with Gasteiger partial charge in [0.25, 0.3) is 15.9 Å². The number of hydrogen-bond acceptors (Lipinski definition) is 6. The van der Waals surface area contributed by atoms with Crippen molar-refractivity contribution in [2.45, 2.75) is 11.3 Å². The van der Waals surface area contributed by atoms with E-state index in [1.54, 1.807) is 54.6 Å². The lowest BCUT2D eigenvalue weighted by Gasteiger charge is -2.26. The smallest absolute Gasteiger partial charge is 0.264 e. The highest BCUT2D eigenvalue weighted by molar-refractivity contribution is 7.92. The van der Waals surface area contributed by atoms with Gasteiger partial charge < -0.3 is 14.8 Å². The van der Waals surface area contributed by atoms with Crippen molar-refractivity contribution in [3.8, 4) is 5.75 Å². The number of hydrogen-bond donors (Lipinski definition) is 1. The maximum atomic E-state index is 12.7. The van der Waals surface area contributed by atoms with E-state index in [9.17, 15) is 13.2 Å². The highest BCUT2D eigenvalue weighted by Crippen LogP contribution is 2.24. The minimum absolute atomic E-state index is 0.0882. The maximum Gasteiger partial charge on any atom is 0.264 e. The summed E-state index contributed by atoms with van der Waals surface area (Å²) in [6.45, 7) is 4.87. The van der Waals surface area contributed by atoms with Crippen molar-refractivity contribution < 1.29 is 22.7 Å². The van der Waals surface area contributed by atoms with Crippen LogP contribution in [0, 0.1) is 0 Å². The van der Waals surface area contributed by atoms with E-state index in [-0.39, 0.29) is 17.4 Å². The normalized spacial score (nSPS) is 14.7. The van der Waals surface area contributed by atoms with Crippen LogP contribution in [0.2, 0.25) is 0 Å². The van der Waals surface area contributed by atoms with Gasteiger partial charge in [0, 0.05) is 26.7 Å². The van der Waals surface area contributed by atoms with E-state index in [0.29, 0.717) is 18.0 Å². The summed E-state index contributed by atoms with van der Waals surface area (Å²) in [6.07, 6.45) is 0.878. The van der Waals surface area contributed by atoms with Gasteiger partial charge in [-0.2, -0.15) is 0 Å². The largest absolute Gasteiger partial charge is 0.484 e. The predicted molar refractivity (Wildman–Crippen MR) is 119 cm³/mol. The zero-order chi connectivity index (χ0) is 22.1. The number of carbonyl (C=O) groups excluding carboxylic acids is 1. The summed E-state index contributed by atoms with van der Waals surface area (Å²) in [5.41, 5.74) is 0.503. The molecule has 0 spiro atoms. The first-order chi connectivity index (χ1) is 15.0. The van der Waals surface area contributed by atoms with Gasteiger partial charge >= 0.3 is 0 Å². The zero-order valence-corrected chi connectivity index (χ0v) is 18.5. The minimum atomic E-state index is -3.63. The summed E-state index contributed by atoms with van der Waals surface area (Å²) in [5, 5.41) is 2.85. The molecule has 1 saturated heterocycles. The summed E-state index contributed by atoms with van der Waals surface area (Å²) < 4.78 is 37.4. The topological polar surface area (TPSA) is 88.2 Å². The van der Waals surface area contributed by atoms with Crippen LogP contribution in [0.3, 0.4) is 0 Å². The minimum Gasteiger partial charge on any atom is -0.484 e. The maximum absolute atomic E-state index is 12.7. The third-order valence-electron chi connectivity index (χ3n) is 5.05. The van der Waals surface area contributed by atoms with Gasteiger partial charge in [-0.15, -0.1) is 0 Å². The van der Waals surface area contributed by atoms with Crippen molar-refractivity contribution in [2.24, 2.45) is 0 Å². The van der Waals surface area contributed by atoms with E-state index in [1.807, 2.05) is 0 Å². The zero-order valence-electron chi connectivity index (χ0n) is 17.7. The van der Waals surface area contributed by atoms with Crippen LogP contribution in [0.1, 0.15) is 6.42 Å². The number of carbonyl (C=O) groups is 1. The first-order valence-corrected chi connectivity index (χ1v) is 11.7. The number of nitrogens with one attached hydrogen (secondary N) is 1. The number of benzene rings is 2. The lowest BCUT2D eigenvalue weighted by molar-refractivity contribution is -0.123. The molecule has 9 heteroatoms. The average Bonchev–Trinajstić information content (AvgIpc) is 2.81. The second-order valence-corrected chi connectivity index (χ2v) is 9.19. The molecule has 0 saturated carbocycles. The van der Waals surface area contributed by atoms with Crippen molar-refractivity contribution >= 4 is 21.6 Å². The van der Waals surface area contributed by atoms with Crippen LogP contribution in [0.15, 0.2) is 59.5 Å². The molecule has 1 fully saturated rings. The Hall–Kier alpha value is -2.62. The summed E-state index contributed by atoms with van der Waals surface area (Å²) in [5.74, 6) is 0.313. The first kappa shape index (κ1) is 23.1. The highest BCUT2D eigenvalue weighted by Gasteiger charge is 2.20. The van der Waals surface area contributed by atoms with E-state index in [4.69, 9.17) is 9.47 Å². The van der Waals surface area contributed by atoms with Crippen molar-refractivity contribution in [3.05, 3.63) is 54.6 Å². The number of amides is 1. The lowest BCUT2D eigenvalue weighted by atomic mass is 10.3. The monoisotopic (exact) mass is 447 g/mol. The van der Waals surface area contributed by atoms with Crippen LogP contribution in [0.4, 0.5) is 5.69 Å². The molecule has 1 amide bonds. The van der Waals surface area contributed by atoms with Crippen molar-refractivity contribution in [2.75, 3.05) is 57.4 Å². The third kappa shape index (κ3) is 6.68. The molecule has 168 valence electrons. The Morgan fingerprint density at radius 2 is 1.77 bits per heavy atom. The fourth-order valence-electron chi connectivity index (χ4n) is 3.20. The Labute approximate surface area is 183 Å². The van der Waals surface area contributed by atoms with Gasteiger partial charge in [0.1, 0.15) is 5.75 Å². The standard InChI is InChI=1S/C22H29N3O5S/c1-24(31(27,28)21-6-3-2-4-7-21)19-8-10-20(11-9-19)30-18-22(26)23-12-5-13-25-14-16-29-17-15-25/h2-4,6-11H,5,12-18H2,1H3,(H,23,26). The molecule has 31 heavy (non-hydrogen) atoms. The molecule has 0 bridgehead atoms. The van der Waals surface area contributed by atoms with E-state index in [2.05, 4.69) is 10.2 Å². The summed E-state index contributed by atoms with van der Waals surface area (Å²) in [7, 11) is -2.13. The van der Waals surface area contributed by atoms with Crippen LogP contribution < -0.4 is 14.4 Å². The molecule has 1 aliphatic rings. The SMILES string of the molecule is CN(c1ccc(OCC(=O)NCCCN2CCOCC2)cc1)S(=O)(=O)c1ccccc1. The third-order valence-corrected chi connectivity index (χ3v) is 6.85. The summed E-state index contributed by atoms with van der Waals surface area (Å²) in [6, 6.07) is 14.9. The average molecular weight is 448 g/mol. The molecule has 0 aromatic heterocycles. The molecule has 0 atom stereocenters. The van der Waals surface area contributed by atoms with Crippen LogP contribution >= 0.6 is 0 Å². The summed E-state index contributed by atoms with van der Waals surface area (Å²) >= 11 is 0. The predicted octanol–water partition coefficient (Wildman–Crippen LogP) is 1.73. The molecule has 0 aliphatic carbocycles.